The van der Waals surface area contributed by atoms with Gasteiger partial charge in [0.05, 0.1) is 16.6 Å². The molecule has 0 atom stereocenters. The largest absolute Gasteiger partial charge is 0.454 e. The lowest BCUT2D eigenvalue weighted by Gasteiger charge is -2.35. The van der Waals surface area contributed by atoms with Crippen molar-refractivity contribution in [3.8, 4) is 22.9 Å². The number of benzene rings is 2. The zero-order valence-corrected chi connectivity index (χ0v) is 19.8. The van der Waals surface area contributed by atoms with Gasteiger partial charge in [0.2, 0.25) is 12.7 Å². The summed E-state index contributed by atoms with van der Waals surface area (Å²) in [6, 6.07) is 9.17. The quantitative estimate of drug-likeness (QED) is 0.440. The van der Waals surface area contributed by atoms with Crippen LogP contribution in [-0.4, -0.2) is 40.2 Å². The molecule has 0 aliphatic carbocycles. The van der Waals surface area contributed by atoms with E-state index in [1.54, 1.807) is 6.07 Å². The molecule has 0 unspecified atom stereocenters. The number of imidazole rings is 1. The summed E-state index contributed by atoms with van der Waals surface area (Å²) in [5, 5.41) is 0. The number of piperidine rings is 1. The highest BCUT2D eigenvalue weighted by molar-refractivity contribution is 5.82. The molecule has 2 aliphatic rings. The smallest absolute Gasteiger partial charge is 0.416 e. The van der Waals surface area contributed by atoms with Gasteiger partial charge in [0.25, 0.3) is 0 Å². The minimum Gasteiger partial charge on any atom is -0.454 e. The van der Waals surface area contributed by atoms with Gasteiger partial charge in [-0.05, 0) is 62.1 Å². The maximum atomic E-state index is 13.4. The second-order valence-electron chi connectivity index (χ2n) is 9.14. The van der Waals surface area contributed by atoms with E-state index in [2.05, 4.69) is 4.98 Å². The van der Waals surface area contributed by atoms with Gasteiger partial charge >= 0.3 is 6.18 Å². The first kappa shape index (κ1) is 23.5. The lowest BCUT2D eigenvalue weighted by molar-refractivity contribution is -0.138. The SMILES string of the molecule is CCC(CC)C(=O)N1CCC(n2c(-c3ccc4c(c3)OCO4)nc3cc(C(F)(F)F)ccc32)CC1. The average molecular weight is 488 g/mol. The Labute approximate surface area is 201 Å². The second kappa shape index (κ2) is 9.09. The molecule has 186 valence electrons. The van der Waals surface area contributed by atoms with E-state index in [0.29, 0.717) is 54.3 Å². The summed E-state index contributed by atoms with van der Waals surface area (Å²) in [5.41, 5.74) is 0.963. The second-order valence-corrected chi connectivity index (χ2v) is 9.14. The topological polar surface area (TPSA) is 56.6 Å². The zero-order valence-electron chi connectivity index (χ0n) is 19.8. The van der Waals surface area contributed by atoms with E-state index in [0.717, 1.165) is 30.5 Å². The van der Waals surface area contributed by atoms with Gasteiger partial charge in [0.15, 0.2) is 11.5 Å². The average Bonchev–Trinajstić information content (AvgIpc) is 3.48. The lowest BCUT2D eigenvalue weighted by Crippen LogP contribution is -2.42. The van der Waals surface area contributed by atoms with E-state index in [-0.39, 0.29) is 24.7 Å². The molecule has 0 N–H and O–H groups in total. The number of carbonyl (C=O) groups excluding carboxylic acids is 1. The maximum Gasteiger partial charge on any atom is 0.416 e. The number of aromatic nitrogens is 2. The summed E-state index contributed by atoms with van der Waals surface area (Å²) in [7, 11) is 0. The van der Waals surface area contributed by atoms with Crippen molar-refractivity contribution in [2.45, 2.75) is 51.7 Å². The molecule has 5 rings (SSSR count). The van der Waals surface area contributed by atoms with Gasteiger partial charge < -0.3 is 18.9 Å². The number of fused-ring (bicyclic) bond motifs is 2. The lowest BCUT2D eigenvalue weighted by atomic mass is 9.98. The number of carbonyl (C=O) groups is 1. The summed E-state index contributed by atoms with van der Waals surface area (Å²) in [5.74, 6) is 2.02. The van der Waals surface area contributed by atoms with Gasteiger partial charge in [-0.25, -0.2) is 4.98 Å². The predicted octanol–water partition coefficient (Wildman–Crippen LogP) is 6.05. The van der Waals surface area contributed by atoms with E-state index in [1.165, 1.54) is 6.07 Å². The summed E-state index contributed by atoms with van der Waals surface area (Å²) in [4.78, 5) is 19.4. The molecule has 2 aromatic carbocycles. The monoisotopic (exact) mass is 487 g/mol. The standard InChI is InChI=1S/C26H28F3N3O3/c1-3-16(4-2)25(33)31-11-9-19(10-12-31)32-21-7-6-18(26(27,28)29)14-20(21)30-24(32)17-5-8-22-23(13-17)35-15-34-22/h5-8,13-14,16,19H,3-4,9-12,15H2,1-2H3. The fourth-order valence-corrected chi connectivity index (χ4v) is 5.12. The van der Waals surface area contributed by atoms with Crippen LogP contribution in [-0.2, 0) is 11.0 Å². The van der Waals surface area contributed by atoms with Crippen molar-refractivity contribution in [1.29, 1.82) is 0 Å². The number of likely N-dealkylation sites (tertiary alicyclic amines) is 1. The first-order valence-corrected chi connectivity index (χ1v) is 12.1. The predicted molar refractivity (Wildman–Crippen MR) is 125 cm³/mol. The molecule has 0 saturated carbocycles. The van der Waals surface area contributed by atoms with Crippen LogP contribution in [0.2, 0.25) is 0 Å². The van der Waals surface area contributed by atoms with Crippen molar-refractivity contribution in [1.82, 2.24) is 14.5 Å². The van der Waals surface area contributed by atoms with Crippen molar-refractivity contribution in [3.05, 3.63) is 42.0 Å². The van der Waals surface area contributed by atoms with E-state index in [9.17, 15) is 18.0 Å². The van der Waals surface area contributed by atoms with Crippen LogP contribution in [0, 0.1) is 5.92 Å². The van der Waals surface area contributed by atoms with Gasteiger partial charge in [0, 0.05) is 30.6 Å². The third kappa shape index (κ3) is 4.32. The minimum atomic E-state index is -4.45. The Morgan fingerprint density at radius 1 is 1.06 bits per heavy atom. The highest BCUT2D eigenvalue weighted by Crippen LogP contribution is 2.40. The Hall–Kier alpha value is -3.23. The van der Waals surface area contributed by atoms with Crippen molar-refractivity contribution in [3.63, 3.8) is 0 Å². The van der Waals surface area contributed by atoms with Gasteiger partial charge in [-0.15, -0.1) is 0 Å². The van der Waals surface area contributed by atoms with Gasteiger partial charge in [-0.3, -0.25) is 4.79 Å². The van der Waals surface area contributed by atoms with Crippen molar-refractivity contribution >= 4 is 16.9 Å². The molecule has 1 amide bonds. The Balaban J connectivity index is 1.52. The molecule has 1 aromatic heterocycles. The molecule has 35 heavy (non-hydrogen) atoms. The van der Waals surface area contributed by atoms with E-state index >= 15 is 0 Å². The molecule has 1 saturated heterocycles. The normalized spacial score (nSPS) is 16.5. The molecule has 1 fully saturated rings. The number of hydrogen-bond donors (Lipinski definition) is 0. The van der Waals surface area contributed by atoms with Crippen molar-refractivity contribution in [2.75, 3.05) is 19.9 Å². The molecule has 2 aliphatic heterocycles. The number of hydrogen-bond acceptors (Lipinski definition) is 4. The van der Waals surface area contributed by atoms with Crippen molar-refractivity contribution < 1.29 is 27.4 Å². The molecular formula is C26H28F3N3O3. The third-order valence-electron chi connectivity index (χ3n) is 7.12. The number of alkyl halides is 3. The molecule has 0 radical (unpaired) electrons. The number of ether oxygens (including phenoxy) is 2. The van der Waals surface area contributed by atoms with Crippen LogP contribution >= 0.6 is 0 Å². The fourth-order valence-electron chi connectivity index (χ4n) is 5.12. The highest BCUT2D eigenvalue weighted by Gasteiger charge is 2.33. The fraction of sp³-hybridized carbons (Fsp3) is 0.462. The number of nitrogens with zero attached hydrogens (tertiary/aromatic N) is 3. The van der Waals surface area contributed by atoms with Crippen LogP contribution in [0.25, 0.3) is 22.4 Å². The molecule has 3 heterocycles. The van der Waals surface area contributed by atoms with Crippen LogP contribution in [0.5, 0.6) is 11.5 Å². The summed E-state index contributed by atoms with van der Waals surface area (Å²) in [6.07, 6.45) is -1.40. The molecular weight excluding hydrogens is 459 g/mol. The summed E-state index contributed by atoms with van der Waals surface area (Å²) < 4.78 is 53.1. The molecule has 0 spiro atoms. The van der Waals surface area contributed by atoms with Crippen LogP contribution in [0.1, 0.15) is 51.1 Å². The van der Waals surface area contributed by atoms with E-state index < -0.39 is 11.7 Å². The van der Waals surface area contributed by atoms with Crippen molar-refractivity contribution in [2.24, 2.45) is 5.92 Å². The van der Waals surface area contributed by atoms with Crippen LogP contribution in [0.4, 0.5) is 13.2 Å². The third-order valence-corrected chi connectivity index (χ3v) is 7.12. The van der Waals surface area contributed by atoms with Gasteiger partial charge in [-0.2, -0.15) is 13.2 Å². The van der Waals surface area contributed by atoms with Crippen LogP contribution in [0.3, 0.4) is 0 Å². The van der Waals surface area contributed by atoms with Gasteiger partial charge in [-0.1, -0.05) is 13.8 Å². The summed E-state index contributed by atoms with van der Waals surface area (Å²) >= 11 is 0. The number of rotatable bonds is 5. The van der Waals surface area contributed by atoms with Crippen LogP contribution in [0.15, 0.2) is 36.4 Å². The number of amides is 1. The molecule has 9 heteroatoms. The van der Waals surface area contributed by atoms with E-state index in [4.69, 9.17) is 9.47 Å². The molecule has 0 bridgehead atoms. The highest BCUT2D eigenvalue weighted by atomic mass is 19.4. The number of halogens is 3. The Morgan fingerprint density at radius 3 is 2.46 bits per heavy atom. The first-order chi connectivity index (χ1) is 16.8. The summed E-state index contributed by atoms with van der Waals surface area (Å²) in [6.45, 7) is 5.42. The molecule has 6 nitrogen and oxygen atoms in total. The Bertz CT molecular complexity index is 1240. The minimum absolute atomic E-state index is 0.00270. The Kier molecular flexibility index (Phi) is 6.11. The van der Waals surface area contributed by atoms with Crippen LogP contribution < -0.4 is 9.47 Å². The molecule has 3 aromatic rings. The van der Waals surface area contributed by atoms with Gasteiger partial charge in [0.1, 0.15) is 5.82 Å². The van der Waals surface area contributed by atoms with E-state index in [1.807, 2.05) is 35.4 Å². The zero-order chi connectivity index (χ0) is 24.7. The maximum absolute atomic E-state index is 13.4. The first-order valence-electron chi connectivity index (χ1n) is 12.1. The Morgan fingerprint density at radius 2 is 1.77 bits per heavy atom.